The second-order valence-corrected chi connectivity index (χ2v) is 10.4. The van der Waals surface area contributed by atoms with Gasteiger partial charge < -0.3 is 0 Å². The van der Waals surface area contributed by atoms with E-state index in [1.54, 1.807) is 0 Å². The molecule has 1 fully saturated rings. The van der Waals surface area contributed by atoms with Crippen molar-refractivity contribution < 1.29 is 4.79 Å². The highest BCUT2D eigenvalue weighted by atomic mass is 79.9. The molecule has 134 valence electrons. The van der Waals surface area contributed by atoms with E-state index < -0.39 is 0 Å². The number of rotatable bonds is 0. The number of ketones is 1. The van der Waals surface area contributed by atoms with Gasteiger partial charge in [-0.05, 0) is 95.2 Å². The number of Topliss-reactive ketones (excluding diaryl/α,β-unsaturated/α-hetero) is 1. The zero-order valence-electron chi connectivity index (χ0n) is 15.9. The molecule has 2 heterocycles. The summed E-state index contributed by atoms with van der Waals surface area (Å²) in [5, 5.41) is 4.65. The van der Waals surface area contributed by atoms with Crippen LogP contribution in [0.5, 0.6) is 0 Å². The number of carbonyl (C=O) groups is 1. The van der Waals surface area contributed by atoms with Gasteiger partial charge >= 0.3 is 0 Å². The molecule has 2 aliphatic rings. The summed E-state index contributed by atoms with van der Waals surface area (Å²) in [5.74, 6) is 0.272. The van der Waals surface area contributed by atoms with Crippen molar-refractivity contribution in [3.63, 3.8) is 0 Å². The van der Waals surface area contributed by atoms with Gasteiger partial charge in [-0.15, -0.1) is 0 Å². The number of nitrogens with zero attached hydrogens (tertiary/aromatic N) is 3. The molecule has 3 rings (SSSR count). The van der Waals surface area contributed by atoms with E-state index in [0.29, 0.717) is 6.42 Å². The molecular weight excluding hydrogens is 366 g/mol. The fourth-order valence-corrected chi connectivity index (χ4v) is 4.71. The molecule has 4 nitrogen and oxygen atoms in total. The average molecular weight is 396 g/mol. The van der Waals surface area contributed by atoms with Crippen molar-refractivity contribution in [2.75, 3.05) is 13.1 Å². The summed E-state index contributed by atoms with van der Waals surface area (Å²) in [4.78, 5) is 15.6. The van der Waals surface area contributed by atoms with Crippen LogP contribution in [0.2, 0.25) is 0 Å². The SMILES string of the molecule is CC(C)(C)N1CCC2(CC1)CC(=O)c1c(c(Br)nn1C(C)(C)C)C2. The fourth-order valence-electron chi connectivity index (χ4n) is 4.22. The molecule has 0 unspecified atom stereocenters. The first-order valence-electron chi connectivity index (χ1n) is 8.99. The molecule has 1 saturated heterocycles. The summed E-state index contributed by atoms with van der Waals surface area (Å²) in [5.41, 5.74) is 2.12. The predicted octanol–water partition coefficient (Wildman–Crippen LogP) is 4.41. The molecule has 0 saturated carbocycles. The standard InChI is InChI=1S/C19H30BrN3O/c1-17(2,3)22-9-7-19(8-10-22)11-13-15(14(24)12-19)23(18(4,5)6)21-16(13)20/h7-12H2,1-6H3. The van der Waals surface area contributed by atoms with Gasteiger partial charge in [0.15, 0.2) is 5.78 Å². The monoisotopic (exact) mass is 395 g/mol. The number of fused-ring (bicyclic) bond motifs is 1. The average Bonchev–Trinajstić information content (AvgIpc) is 2.76. The zero-order chi connectivity index (χ0) is 17.9. The number of aromatic nitrogens is 2. The molecule has 5 heteroatoms. The lowest BCUT2D eigenvalue weighted by Gasteiger charge is -2.47. The smallest absolute Gasteiger partial charge is 0.181 e. The quantitative estimate of drug-likeness (QED) is 0.652. The van der Waals surface area contributed by atoms with Gasteiger partial charge in [0.2, 0.25) is 0 Å². The summed E-state index contributed by atoms with van der Waals surface area (Å²) in [6.07, 6.45) is 3.85. The maximum absolute atomic E-state index is 13.0. The van der Waals surface area contributed by atoms with E-state index in [1.807, 2.05) is 4.68 Å². The number of halogens is 1. The molecule has 0 amide bonds. The Bertz CT molecular complexity index is 655. The highest BCUT2D eigenvalue weighted by Crippen LogP contribution is 2.46. The third-order valence-electron chi connectivity index (χ3n) is 5.69. The van der Waals surface area contributed by atoms with Crippen LogP contribution in [0.15, 0.2) is 4.60 Å². The normalized spacial score (nSPS) is 22.0. The van der Waals surface area contributed by atoms with Gasteiger partial charge in [-0.1, -0.05) is 0 Å². The lowest BCUT2D eigenvalue weighted by molar-refractivity contribution is 0.0331. The van der Waals surface area contributed by atoms with Crippen LogP contribution in [0.3, 0.4) is 0 Å². The van der Waals surface area contributed by atoms with Crippen LogP contribution in [0.25, 0.3) is 0 Å². The Balaban J connectivity index is 1.89. The first-order valence-corrected chi connectivity index (χ1v) is 9.78. The molecule has 0 atom stereocenters. The van der Waals surface area contributed by atoms with Crippen LogP contribution in [0.1, 0.15) is 76.9 Å². The zero-order valence-corrected chi connectivity index (χ0v) is 17.5. The third kappa shape index (κ3) is 3.10. The lowest BCUT2D eigenvalue weighted by Crippen LogP contribution is -2.51. The minimum absolute atomic E-state index is 0.125. The van der Waals surface area contributed by atoms with Crippen molar-refractivity contribution in [2.24, 2.45) is 5.41 Å². The second kappa shape index (κ2) is 5.66. The maximum atomic E-state index is 13.0. The highest BCUT2D eigenvalue weighted by Gasteiger charge is 2.45. The Morgan fingerprint density at radius 2 is 1.58 bits per heavy atom. The molecular formula is C19H30BrN3O. The summed E-state index contributed by atoms with van der Waals surface area (Å²) in [6.45, 7) is 15.3. The Hall–Kier alpha value is -0.680. The summed E-state index contributed by atoms with van der Waals surface area (Å²) < 4.78 is 2.78. The van der Waals surface area contributed by atoms with Crippen LogP contribution in [-0.4, -0.2) is 39.1 Å². The van der Waals surface area contributed by atoms with Crippen molar-refractivity contribution in [2.45, 2.75) is 78.3 Å². The molecule has 1 aromatic rings. The molecule has 0 N–H and O–H groups in total. The molecule has 1 aliphatic carbocycles. The number of carbonyl (C=O) groups excluding carboxylic acids is 1. The molecule has 0 bridgehead atoms. The fraction of sp³-hybridized carbons (Fsp3) is 0.789. The second-order valence-electron chi connectivity index (χ2n) is 9.64. The topological polar surface area (TPSA) is 38.1 Å². The van der Waals surface area contributed by atoms with Gasteiger partial charge in [0.25, 0.3) is 0 Å². The van der Waals surface area contributed by atoms with E-state index in [1.165, 1.54) is 0 Å². The van der Waals surface area contributed by atoms with Crippen molar-refractivity contribution in [1.82, 2.24) is 14.7 Å². The van der Waals surface area contributed by atoms with E-state index in [2.05, 4.69) is 67.5 Å². The number of piperidine rings is 1. The summed E-state index contributed by atoms with van der Waals surface area (Å²) in [6, 6.07) is 0. The first kappa shape index (κ1) is 18.1. The molecule has 0 aromatic carbocycles. The summed E-state index contributed by atoms with van der Waals surface area (Å²) >= 11 is 3.62. The minimum Gasteiger partial charge on any atom is -0.298 e. The Morgan fingerprint density at radius 1 is 1.00 bits per heavy atom. The number of hydrogen-bond donors (Lipinski definition) is 0. The van der Waals surface area contributed by atoms with E-state index in [-0.39, 0.29) is 22.3 Å². The van der Waals surface area contributed by atoms with Gasteiger partial charge in [0, 0.05) is 17.5 Å². The van der Waals surface area contributed by atoms with Crippen LogP contribution in [-0.2, 0) is 12.0 Å². The number of hydrogen-bond acceptors (Lipinski definition) is 3. The van der Waals surface area contributed by atoms with E-state index in [0.717, 1.165) is 48.2 Å². The lowest BCUT2D eigenvalue weighted by atomic mass is 9.66. The van der Waals surface area contributed by atoms with Crippen molar-refractivity contribution in [1.29, 1.82) is 0 Å². The summed E-state index contributed by atoms with van der Waals surface area (Å²) in [7, 11) is 0. The Kier molecular flexibility index (Phi) is 4.28. The van der Waals surface area contributed by atoms with Gasteiger partial charge in [0.1, 0.15) is 10.3 Å². The van der Waals surface area contributed by atoms with Crippen molar-refractivity contribution in [3.05, 3.63) is 15.9 Å². The maximum Gasteiger partial charge on any atom is 0.181 e. The van der Waals surface area contributed by atoms with E-state index >= 15 is 0 Å². The van der Waals surface area contributed by atoms with Crippen LogP contribution < -0.4 is 0 Å². The van der Waals surface area contributed by atoms with Gasteiger partial charge in [-0.3, -0.25) is 14.4 Å². The van der Waals surface area contributed by atoms with Crippen LogP contribution >= 0.6 is 15.9 Å². The number of likely N-dealkylation sites (tertiary alicyclic amines) is 1. The predicted molar refractivity (Wildman–Crippen MR) is 101 cm³/mol. The van der Waals surface area contributed by atoms with Crippen molar-refractivity contribution >= 4 is 21.7 Å². The van der Waals surface area contributed by atoms with Gasteiger partial charge in [0.05, 0.1) is 5.54 Å². The molecule has 0 radical (unpaired) electrons. The first-order chi connectivity index (χ1) is 10.9. The van der Waals surface area contributed by atoms with Crippen molar-refractivity contribution in [3.8, 4) is 0 Å². The van der Waals surface area contributed by atoms with E-state index in [4.69, 9.17) is 0 Å². The van der Waals surface area contributed by atoms with Crippen LogP contribution in [0, 0.1) is 5.41 Å². The molecule has 1 spiro atoms. The third-order valence-corrected chi connectivity index (χ3v) is 6.33. The van der Waals surface area contributed by atoms with Gasteiger partial charge in [-0.25, -0.2) is 0 Å². The highest BCUT2D eigenvalue weighted by molar-refractivity contribution is 9.10. The largest absolute Gasteiger partial charge is 0.298 e. The Labute approximate surface area is 154 Å². The molecule has 24 heavy (non-hydrogen) atoms. The van der Waals surface area contributed by atoms with Crippen LogP contribution in [0.4, 0.5) is 0 Å². The minimum atomic E-state index is -0.175. The Morgan fingerprint density at radius 3 is 2.08 bits per heavy atom. The molecule has 1 aromatic heterocycles. The van der Waals surface area contributed by atoms with Gasteiger partial charge in [-0.2, -0.15) is 5.10 Å². The molecule has 1 aliphatic heterocycles. The van der Waals surface area contributed by atoms with E-state index in [9.17, 15) is 4.79 Å².